The summed E-state index contributed by atoms with van der Waals surface area (Å²) in [5.41, 5.74) is 1.07. The van der Waals surface area contributed by atoms with Crippen LogP contribution in [0.4, 0.5) is 4.39 Å². The van der Waals surface area contributed by atoms with Crippen LogP contribution in [0.5, 0.6) is 6.01 Å². The van der Waals surface area contributed by atoms with Gasteiger partial charge >= 0.3 is 6.01 Å². The zero-order chi connectivity index (χ0) is 24.8. The smallest absolute Gasteiger partial charge is 0.317 e. The van der Waals surface area contributed by atoms with Crippen LogP contribution in [0.2, 0.25) is 0 Å². The summed E-state index contributed by atoms with van der Waals surface area (Å²) in [6, 6.07) is 9.40. The van der Waals surface area contributed by atoms with Crippen molar-refractivity contribution < 1.29 is 28.5 Å². The van der Waals surface area contributed by atoms with Gasteiger partial charge in [0.15, 0.2) is 5.82 Å². The Hall–Kier alpha value is -3.92. The second kappa shape index (κ2) is 10.6. The molecule has 3 N–H and O–H groups in total. The molecule has 182 valence electrons. The van der Waals surface area contributed by atoms with Crippen molar-refractivity contribution in [2.75, 3.05) is 33.0 Å². The van der Waals surface area contributed by atoms with E-state index in [0.717, 1.165) is 0 Å². The molecule has 0 spiro atoms. The Labute approximate surface area is 199 Å². The van der Waals surface area contributed by atoms with Gasteiger partial charge in [-0.15, -0.1) is 0 Å². The molecule has 0 aliphatic carbocycles. The molecule has 3 aromatic rings. The van der Waals surface area contributed by atoms with Crippen molar-refractivity contribution in [2.45, 2.75) is 13.2 Å². The fourth-order valence-electron chi connectivity index (χ4n) is 3.42. The van der Waals surface area contributed by atoms with Gasteiger partial charge in [-0.05, 0) is 37.3 Å². The number of rotatable bonds is 8. The fraction of sp³-hybridized carbons (Fsp3) is 0.348. The number of H-pyrrole nitrogens is 1. The lowest BCUT2D eigenvalue weighted by molar-refractivity contribution is -0.230. The van der Waals surface area contributed by atoms with E-state index in [-0.39, 0.29) is 50.7 Å². The summed E-state index contributed by atoms with van der Waals surface area (Å²) in [5.74, 6) is -0.406. The molecule has 2 aromatic heterocycles. The summed E-state index contributed by atoms with van der Waals surface area (Å²) in [4.78, 5) is 28.6. The van der Waals surface area contributed by atoms with E-state index in [4.69, 9.17) is 24.6 Å². The van der Waals surface area contributed by atoms with Crippen molar-refractivity contribution in [1.29, 1.82) is 5.26 Å². The molecule has 12 heteroatoms. The van der Waals surface area contributed by atoms with Gasteiger partial charge in [0.05, 0.1) is 48.4 Å². The van der Waals surface area contributed by atoms with Crippen molar-refractivity contribution in [3.05, 3.63) is 48.2 Å². The first-order chi connectivity index (χ1) is 16.9. The Bertz CT molecular complexity index is 1220. The van der Waals surface area contributed by atoms with Crippen molar-refractivity contribution in [3.8, 4) is 34.7 Å². The number of nitriles is 1. The fourth-order valence-corrected chi connectivity index (χ4v) is 3.42. The molecule has 1 aromatic carbocycles. The molecule has 11 nitrogen and oxygen atoms in total. The van der Waals surface area contributed by atoms with Gasteiger partial charge in [0.2, 0.25) is 12.2 Å². The van der Waals surface area contributed by atoms with E-state index in [1.165, 1.54) is 18.3 Å². The van der Waals surface area contributed by atoms with Gasteiger partial charge in [0.25, 0.3) is 0 Å². The highest BCUT2D eigenvalue weighted by Gasteiger charge is 2.40. The van der Waals surface area contributed by atoms with Crippen LogP contribution in [0.15, 0.2) is 36.5 Å². The third-order valence-electron chi connectivity index (χ3n) is 5.26. The van der Waals surface area contributed by atoms with E-state index in [1.54, 1.807) is 25.1 Å². The van der Waals surface area contributed by atoms with Gasteiger partial charge < -0.3 is 29.6 Å². The molecular formula is C23H23FN6O5. The number of hydrogen-bond acceptors (Lipinski definition) is 9. The monoisotopic (exact) mass is 482 g/mol. The summed E-state index contributed by atoms with van der Waals surface area (Å²) in [5, 5.41) is 20.2. The Morgan fingerprint density at radius 3 is 2.74 bits per heavy atom. The van der Waals surface area contributed by atoms with Gasteiger partial charge in [-0.3, -0.25) is 4.79 Å². The Morgan fingerprint density at radius 1 is 1.31 bits per heavy atom. The third-order valence-corrected chi connectivity index (χ3v) is 5.26. The molecule has 3 heterocycles. The summed E-state index contributed by atoms with van der Waals surface area (Å²) in [6.07, 6.45) is 0.606. The number of benzene rings is 1. The summed E-state index contributed by atoms with van der Waals surface area (Å²) < 4.78 is 30.5. The van der Waals surface area contributed by atoms with Crippen LogP contribution >= 0.6 is 0 Å². The predicted octanol–water partition coefficient (Wildman–Crippen LogP) is 1.74. The normalized spacial score (nSPS) is 19.7. The first-order valence-corrected chi connectivity index (χ1v) is 10.7. The highest BCUT2D eigenvalue weighted by Crippen LogP contribution is 2.35. The van der Waals surface area contributed by atoms with Gasteiger partial charge in [0.1, 0.15) is 19.0 Å². The maximum atomic E-state index is 13.5. The minimum atomic E-state index is -0.964. The Morgan fingerprint density at radius 2 is 2.06 bits per heavy atom. The van der Waals surface area contributed by atoms with Crippen LogP contribution in [0.1, 0.15) is 19.0 Å². The zero-order valence-corrected chi connectivity index (χ0v) is 18.8. The maximum Gasteiger partial charge on any atom is 0.317 e. The standard InChI is InChI=1S/C23H23FN6O5/c1-23(21(32)26-9-7-25)12-34-20(35-13-23)19-29-17(14-2-4-15(24)5-3-14)18(30-19)16-6-8-27-22(28-16)33-11-10-31/h2-6,8,20,31H,9-13H2,1H3,(H,26,32)(H,29,30). The average Bonchev–Trinajstić information content (AvgIpc) is 3.32. The number of ether oxygens (including phenoxy) is 3. The number of aromatic amines is 1. The SMILES string of the molecule is CC1(C(=O)NCC#N)COC(c2nc(-c3ccc(F)cc3)c(-c3ccnc(OCCO)n3)[nH]2)OC1. The molecule has 1 aliphatic rings. The lowest BCUT2D eigenvalue weighted by Gasteiger charge is -2.35. The number of hydrogen-bond donors (Lipinski definition) is 3. The second-order valence-electron chi connectivity index (χ2n) is 8.00. The summed E-state index contributed by atoms with van der Waals surface area (Å²) in [6.45, 7) is 1.51. The molecule has 1 fully saturated rings. The minimum Gasteiger partial charge on any atom is -0.461 e. The van der Waals surface area contributed by atoms with Gasteiger partial charge in [-0.2, -0.15) is 10.2 Å². The first kappa shape index (κ1) is 24.2. The molecule has 4 rings (SSSR count). The lowest BCUT2D eigenvalue weighted by atomic mass is 9.91. The molecular weight excluding hydrogens is 459 g/mol. The first-order valence-electron chi connectivity index (χ1n) is 10.7. The van der Waals surface area contributed by atoms with Crippen molar-refractivity contribution >= 4 is 5.91 Å². The lowest BCUT2D eigenvalue weighted by Crippen LogP contribution is -2.48. The van der Waals surface area contributed by atoms with Crippen LogP contribution in [-0.4, -0.2) is 63.9 Å². The minimum absolute atomic E-state index is 0.0347. The second-order valence-corrected chi connectivity index (χ2v) is 8.00. The Kier molecular flexibility index (Phi) is 7.31. The number of aromatic nitrogens is 4. The van der Waals surface area contributed by atoms with Crippen LogP contribution in [0, 0.1) is 22.6 Å². The third kappa shape index (κ3) is 5.43. The number of aliphatic hydroxyl groups is 1. The number of nitrogens with zero attached hydrogens (tertiary/aromatic N) is 4. The maximum absolute atomic E-state index is 13.5. The number of aliphatic hydroxyl groups excluding tert-OH is 1. The molecule has 1 aliphatic heterocycles. The zero-order valence-electron chi connectivity index (χ0n) is 18.8. The van der Waals surface area contributed by atoms with Gasteiger partial charge in [0, 0.05) is 11.8 Å². The Balaban J connectivity index is 1.63. The summed E-state index contributed by atoms with van der Waals surface area (Å²) in [7, 11) is 0. The number of nitrogens with one attached hydrogen (secondary N) is 2. The molecule has 0 atom stereocenters. The largest absolute Gasteiger partial charge is 0.461 e. The van der Waals surface area contributed by atoms with E-state index in [9.17, 15) is 9.18 Å². The van der Waals surface area contributed by atoms with Gasteiger partial charge in [-0.25, -0.2) is 14.4 Å². The number of imidazole rings is 1. The molecule has 1 saturated heterocycles. The van der Waals surface area contributed by atoms with Crippen LogP contribution in [-0.2, 0) is 14.3 Å². The van der Waals surface area contributed by atoms with E-state index in [2.05, 4.69) is 25.3 Å². The van der Waals surface area contributed by atoms with E-state index in [1.807, 2.05) is 6.07 Å². The molecule has 1 amide bonds. The summed E-state index contributed by atoms with van der Waals surface area (Å²) >= 11 is 0. The topological polar surface area (TPSA) is 155 Å². The van der Waals surface area contributed by atoms with Crippen molar-refractivity contribution in [1.82, 2.24) is 25.3 Å². The van der Waals surface area contributed by atoms with Crippen molar-refractivity contribution in [3.63, 3.8) is 0 Å². The number of carbonyl (C=O) groups excluding carboxylic acids is 1. The van der Waals surface area contributed by atoms with Crippen molar-refractivity contribution in [2.24, 2.45) is 5.41 Å². The number of amides is 1. The molecule has 0 saturated carbocycles. The number of carbonyl (C=O) groups is 1. The molecule has 0 bridgehead atoms. The average molecular weight is 482 g/mol. The van der Waals surface area contributed by atoms with Crippen LogP contribution in [0.3, 0.4) is 0 Å². The van der Waals surface area contributed by atoms with Crippen LogP contribution < -0.4 is 10.1 Å². The molecule has 0 radical (unpaired) electrons. The van der Waals surface area contributed by atoms with E-state index >= 15 is 0 Å². The molecule has 0 unspecified atom stereocenters. The highest BCUT2D eigenvalue weighted by molar-refractivity contribution is 5.82. The van der Waals surface area contributed by atoms with Gasteiger partial charge in [-0.1, -0.05) is 0 Å². The molecule has 35 heavy (non-hydrogen) atoms. The van der Waals surface area contributed by atoms with E-state index in [0.29, 0.717) is 28.5 Å². The number of halogens is 1. The highest BCUT2D eigenvalue weighted by atomic mass is 19.1. The quantitative estimate of drug-likeness (QED) is 0.407. The predicted molar refractivity (Wildman–Crippen MR) is 119 cm³/mol. The van der Waals surface area contributed by atoms with Crippen LogP contribution in [0.25, 0.3) is 22.6 Å². The van der Waals surface area contributed by atoms with E-state index < -0.39 is 11.7 Å².